The van der Waals surface area contributed by atoms with Crippen molar-refractivity contribution < 1.29 is 9.90 Å². The van der Waals surface area contributed by atoms with Crippen LogP contribution in [0.4, 0.5) is 0 Å². The van der Waals surface area contributed by atoms with Gasteiger partial charge in [-0.3, -0.25) is 4.57 Å². The molecule has 0 aliphatic carbocycles. The lowest BCUT2D eigenvalue weighted by Gasteiger charge is -2.07. The molecule has 1 aromatic heterocycles. The van der Waals surface area contributed by atoms with E-state index >= 15 is 0 Å². The quantitative estimate of drug-likeness (QED) is 0.774. The number of aryl methyl sites for hydroxylation is 2. The molecule has 0 unspecified atom stereocenters. The number of carboxylic acids is 1. The second-order valence-electron chi connectivity index (χ2n) is 4.84. The van der Waals surface area contributed by atoms with Gasteiger partial charge in [-0.25, -0.2) is 9.78 Å². The smallest absolute Gasteiger partial charge is 0.335 e. The van der Waals surface area contributed by atoms with Crippen molar-refractivity contribution in [3.63, 3.8) is 0 Å². The maximum atomic E-state index is 11.1. The van der Waals surface area contributed by atoms with Gasteiger partial charge in [0.2, 0.25) is 0 Å². The molecule has 0 amide bonds. The number of fused-ring (bicyclic) bond motifs is 1. The fourth-order valence-electron chi connectivity index (χ4n) is 2.35. The molecule has 100 valence electrons. The van der Waals surface area contributed by atoms with Crippen molar-refractivity contribution in [1.82, 2.24) is 9.55 Å². The summed E-state index contributed by atoms with van der Waals surface area (Å²) in [6.07, 6.45) is 0. The van der Waals surface area contributed by atoms with Crippen LogP contribution in [0.2, 0.25) is 0 Å². The van der Waals surface area contributed by atoms with Crippen molar-refractivity contribution in [2.75, 3.05) is 0 Å². The van der Waals surface area contributed by atoms with Crippen molar-refractivity contribution in [2.24, 2.45) is 0 Å². The first-order valence-corrected chi connectivity index (χ1v) is 6.36. The lowest BCUT2D eigenvalue weighted by molar-refractivity contribution is 0.0697. The summed E-state index contributed by atoms with van der Waals surface area (Å²) >= 11 is 0. The first-order valence-electron chi connectivity index (χ1n) is 6.36. The van der Waals surface area contributed by atoms with E-state index in [-0.39, 0.29) is 5.56 Å². The molecule has 0 aliphatic heterocycles. The minimum Gasteiger partial charge on any atom is -0.478 e. The Balaban J connectivity index is 2.28. The molecule has 3 rings (SSSR count). The van der Waals surface area contributed by atoms with Crippen LogP contribution in [0.1, 0.15) is 21.7 Å². The van der Waals surface area contributed by atoms with Crippen LogP contribution in [0.15, 0.2) is 42.5 Å². The van der Waals surface area contributed by atoms with E-state index in [9.17, 15) is 4.79 Å². The maximum Gasteiger partial charge on any atom is 0.335 e. The number of rotatable bonds is 2. The van der Waals surface area contributed by atoms with Gasteiger partial charge >= 0.3 is 5.97 Å². The van der Waals surface area contributed by atoms with E-state index in [2.05, 4.69) is 4.98 Å². The van der Waals surface area contributed by atoms with Gasteiger partial charge in [-0.2, -0.15) is 0 Å². The van der Waals surface area contributed by atoms with Crippen molar-refractivity contribution >= 4 is 17.0 Å². The number of hydrogen-bond acceptors (Lipinski definition) is 2. The summed E-state index contributed by atoms with van der Waals surface area (Å²) in [5.74, 6) is -0.0902. The Kier molecular flexibility index (Phi) is 2.79. The van der Waals surface area contributed by atoms with Crippen LogP contribution in [-0.4, -0.2) is 20.6 Å². The summed E-state index contributed by atoms with van der Waals surface area (Å²) in [5.41, 5.74) is 4.05. The van der Waals surface area contributed by atoms with Gasteiger partial charge in [0.15, 0.2) is 0 Å². The van der Waals surface area contributed by atoms with E-state index in [1.807, 2.05) is 42.7 Å². The normalized spacial score (nSPS) is 10.9. The molecule has 20 heavy (non-hydrogen) atoms. The van der Waals surface area contributed by atoms with Crippen molar-refractivity contribution in [3.05, 3.63) is 59.4 Å². The Labute approximate surface area is 116 Å². The molecular weight excluding hydrogens is 252 g/mol. The molecule has 0 radical (unpaired) electrons. The third kappa shape index (κ3) is 1.95. The molecule has 2 aromatic carbocycles. The minimum absolute atomic E-state index is 0.269. The van der Waals surface area contributed by atoms with Gasteiger partial charge in [-0.05, 0) is 44.2 Å². The van der Waals surface area contributed by atoms with Crippen LogP contribution >= 0.6 is 0 Å². The molecule has 0 bridgehead atoms. The van der Waals surface area contributed by atoms with Crippen molar-refractivity contribution in [2.45, 2.75) is 13.8 Å². The highest BCUT2D eigenvalue weighted by atomic mass is 16.4. The molecule has 0 fully saturated rings. The monoisotopic (exact) mass is 266 g/mol. The van der Waals surface area contributed by atoms with E-state index in [0.717, 1.165) is 22.5 Å². The van der Waals surface area contributed by atoms with Gasteiger partial charge in [0, 0.05) is 5.69 Å². The number of nitrogens with zero attached hydrogens (tertiary/aromatic N) is 2. The zero-order valence-electron chi connectivity index (χ0n) is 11.3. The van der Waals surface area contributed by atoms with Crippen molar-refractivity contribution in [3.8, 4) is 5.69 Å². The number of carboxylic acid groups (broad SMARTS) is 1. The van der Waals surface area contributed by atoms with Gasteiger partial charge in [-0.15, -0.1) is 0 Å². The molecular formula is C16H14N2O2. The fourth-order valence-corrected chi connectivity index (χ4v) is 2.35. The van der Waals surface area contributed by atoms with E-state index in [1.54, 1.807) is 18.2 Å². The van der Waals surface area contributed by atoms with Crippen LogP contribution < -0.4 is 0 Å². The molecule has 3 aromatic rings. The molecule has 0 saturated heterocycles. The summed E-state index contributed by atoms with van der Waals surface area (Å²) in [4.78, 5) is 15.6. The topological polar surface area (TPSA) is 55.1 Å². The van der Waals surface area contributed by atoms with Crippen LogP contribution in [-0.2, 0) is 0 Å². The lowest BCUT2D eigenvalue weighted by Crippen LogP contribution is -1.99. The van der Waals surface area contributed by atoms with Gasteiger partial charge < -0.3 is 5.11 Å². The summed E-state index contributed by atoms with van der Waals surface area (Å²) in [6.45, 7) is 3.95. The Hall–Kier alpha value is -2.62. The van der Waals surface area contributed by atoms with Crippen LogP contribution in [0, 0.1) is 13.8 Å². The standard InChI is InChI=1S/C16H14N2O2/c1-10-3-6-13(7-4-10)18-11(2)17-14-8-5-12(16(19)20)9-15(14)18/h3-9H,1-2H3,(H,19,20). The van der Waals surface area contributed by atoms with E-state index in [4.69, 9.17) is 5.11 Å². The summed E-state index contributed by atoms with van der Waals surface area (Å²) in [5, 5.41) is 9.12. The highest BCUT2D eigenvalue weighted by molar-refractivity contribution is 5.93. The van der Waals surface area contributed by atoms with Gasteiger partial charge in [0.1, 0.15) is 5.82 Å². The van der Waals surface area contributed by atoms with Gasteiger partial charge in [0.25, 0.3) is 0 Å². The maximum absolute atomic E-state index is 11.1. The second-order valence-corrected chi connectivity index (χ2v) is 4.84. The highest BCUT2D eigenvalue weighted by Crippen LogP contribution is 2.22. The molecule has 4 heteroatoms. The Morgan fingerprint density at radius 1 is 1.10 bits per heavy atom. The van der Waals surface area contributed by atoms with E-state index in [1.165, 1.54) is 5.56 Å². The van der Waals surface area contributed by atoms with Crippen molar-refractivity contribution in [1.29, 1.82) is 0 Å². The molecule has 0 spiro atoms. The SMILES string of the molecule is Cc1ccc(-n2c(C)nc3ccc(C(=O)O)cc32)cc1. The Morgan fingerprint density at radius 3 is 2.45 bits per heavy atom. The second kappa shape index (κ2) is 4.49. The average molecular weight is 266 g/mol. The molecule has 1 heterocycles. The zero-order chi connectivity index (χ0) is 14.3. The number of carbonyl (C=O) groups is 1. The fraction of sp³-hybridized carbons (Fsp3) is 0.125. The predicted molar refractivity (Wildman–Crippen MR) is 77.5 cm³/mol. The molecule has 0 saturated carbocycles. The zero-order valence-corrected chi connectivity index (χ0v) is 11.3. The third-order valence-electron chi connectivity index (χ3n) is 3.36. The summed E-state index contributed by atoms with van der Waals surface area (Å²) < 4.78 is 1.97. The first-order chi connectivity index (χ1) is 9.56. The Bertz CT molecular complexity index is 801. The summed E-state index contributed by atoms with van der Waals surface area (Å²) in [6, 6.07) is 13.1. The third-order valence-corrected chi connectivity index (χ3v) is 3.36. The molecule has 0 atom stereocenters. The molecule has 0 aliphatic rings. The summed E-state index contributed by atoms with van der Waals surface area (Å²) in [7, 11) is 0. The van der Waals surface area contributed by atoms with Gasteiger partial charge in [0.05, 0.1) is 16.6 Å². The molecule has 1 N–H and O–H groups in total. The average Bonchev–Trinajstić information content (AvgIpc) is 2.75. The number of imidazole rings is 1. The van der Waals surface area contributed by atoms with Crippen LogP contribution in [0.25, 0.3) is 16.7 Å². The molecule has 4 nitrogen and oxygen atoms in total. The Morgan fingerprint density at radius 2 is 1.80 bits per heavy atom. The van der Waals surface area contributed by atoms with Crippen LogP contribution in [0.3, 0.4) is 0 Å². The van der Waals surface area contributed by atoms with E-state index < -0.39 is 5.97 Å². The van der Waals surface area contributed by atoms with Crippen LogP contribution in [0.5, 0.6) is 0 Å². The lowest BCUT2D eigenvalue weighted by atomic mass is 10.2. The predicted octanol–water partition coefficient (Wildman–Crippen LogP) is 3.34. The van der Waals surface area contributed by atoms with Gasteiger partial charge in [-0.1, -0.05) is 17.7 Å². The largest absolute Gasteiger partial charge is 0.478 e. The highest BCUT2D eigenvalue weighted by Gasteiger charge is 2.12. The number of benzene rings is 2. The minimum atomic E-state index is -0.929. The number of aromatic carboxylic acids is 1. The number of hydrogen-bond donors (Lipinski definition) is 1. The van der Waals surface area contributed by atoms with E-state index in [0.29, 0.717) is 0 Å². The number of aromatic nitrogens is 2. The first kappa shape index (κ1) is 12.4.